The van der Waals surface area contributed by atoms with Gasteiger partial charge in [-0.2, -0.15) is 0 Å². The van der Waals surface area contributed by atoms with E-state index in [9.17, 15) is 29.3 Å². The molecule has 0 bridgehead atoms. The second-order valence-electron chi connectivity index (χ2n) is 5.41. The van der Waals surface area contributed by atoms with Gasteiger partial charge in [0.15, 0.2) is 11.8 Å². The summed E-state index contributed by atoms with van der Waals surface area (Å²) >= 11 is 1.07. The Morgan fingerprint density at radius 1 is 1.36 bits per heavy atom. The number of Topliss-reactive ketones (excluding diaryl/α,β-unsaturated/α-hetero) is 1. The summed E-state index contributed by atoms with van der Waals surface area (Å²) in [7, 11) is 0. The number of rotatable bonds is 4. The predicted octanol–water partition coefficient (Wildman–Crippen LogP) is -0.369. The number of carboxylic acid groups (broad SMARTS) is 1. The van der Waals surface area contributed by atoms with Crippen molar-refractivity contribution in [3.05, 3.63) is 39.9 Å². The molecule has 1 aromatic carbocycles. The molecule has 2 aliphatic rings. The lowest BCUT2D eigenvalue weighted by Gasteiger charge is -2.51. The first kappa shape index (κ1) is 16.9. The molecule has 130 valence electrons. The lowest BCUT2D eigenvalue weighted by Crippen LogP contribution is -2.76. The number of ketones is 1. The Hall–Kier alpha value is -2.95. The van der Waals surface area contributed by atoms with Crippen LogP contribution in [-0.2, 0) is 14.4 Å². The zero-order valence-corrected chi connectivity index (χ0v) is 13.3. The Morgan fingerprint density at radius 2 is 2.08 bits per heavy atom. The van der Waals surface area contributed by atoms with Gasteiger partial charge in [-0.05, 0) is 6.07 Å². The van der Waals surface area contributed by atoms with Crippen molar-refractivity contribution >= 4 is 41.0 Å². The zero-order chi connectivity index (χ0) is 18.3. The van der Waals surface area contributed by atoms with Crippen LogP contribution < -0.4 is 5.32 Å². The summed E-state index contributed by atoms with van der Waals surface area (Å²) in [4.78, 5) is 58.3. The average molecular weight is 365 g/mol. The molecule has 2 aliphatic heterocycles. The van der Waals surface area contributed by atoms with Crippen LogP contribution >= 0.6 is 11.8 Å². The SMILES string of the molecule is O=C(NC1C(=O)N2C(C(=O)O)C(=O)CS[C@@H]12)c1cccc([N+](=O)[O-])c1. The molecular weight excluding hydrogens is 354 g/mol. The number of thioether (sulfide) groups is 1. The molecule has 3 atom stereocenters. The van der Waals surface area contributed by atoms with Crippen molar-refractivity contribution in [2.75, 3.05) is 5.75 Å². The van der Waals surface area contributed by atoms with Gasteiger partial charge in [-0.3, -0.25) is 24.5 Å². The van der Waals surface area contributed by atoms with Gasteiger partial charge < -0.3 is 15.3 Å². The van der Waals surface area contributed by atoms with Gasteiger partial charge in [-0.15, -0.1) is 11.8 Å². The monoisotopic (exact) mass is 365 g/mol. The number of aliphatic carboxylic acids is 1. The van der Waals surface area contributed by atoms with E-state index in [4.69, 9.17) is 5.11 Å². The van der Waals surface area contributed by atoms with E-state index in [1.807, 2.05) is 0 Å². The molecule has 2 amide bonds. The highest BCUT2D eigenvalue weighted by Crippen LogP contribution is 2.36. The van der Waals surface area contributed by atoms with Gasteiger partial charge >= 0.3 is 5.97 Å². The number of nitro benzene ring substituents is 1. The number of benzene rings is 1. The van der Waals surface area contributed by atoms with Gasteiger partial charge in [0.1, 0.15) is 11.4 Å². The van der Waals surface area contributed by atoms with E-state index in [-0.39, 0.29) is 17.0 Å². The first-order valence-electron chi connectivity index (χ1n) is 7.06. The lowest BCUT2D eigenvalue weighted by molar-refractivity contribution is -0.384. The number of hydrogen-bond acceptors (Lipinski definition) is 7. The van der Waals surface area contributed by atoms with Crippen molar-refractivity contribution < 1.29 is 29.2 Å². The quantitative estimate of drug-likeness (QED) is 0.318. The molecule has 2 fully saturated rings. The molecule has 10 nitrogen and oxygen atoms in total. The van der Waals surface area contributed by atoms with Gasteiger partial charge in [-0.1, -0.05) is 6.07 Å². The van der Waals surface area contributed by atoms with Crippen molar-refractivity contribution in [2.24, 2.45) is 0 Å². The third kappa shape index (κ3) is 2.82. The number of nitrogens with one attached hydrogen (secondary N) is 1. The maximum absolute atomic E-state index is 12.2. The van der Waals surface area contributed by atoms with E-state index in [2.05, 4.69) is 5.32 Å². The van der Waals surface area contributed by atoms with Crippen molar-refractivity contribution in [1.29, 1.82) is 0 Å². The summed E-state index contributed by atoms with van der Waals surface area (Å²) in [6.07, 6.45) is 0. The highest BCUT2D eigenvalue weighted by molar-refractivity contribution is 8.00. The molecule has 2 heterocycles. The minimum absolute atomic E-state index is 0.00659. The molecule has 3 rings (SSSR count). The predicted molar refractivity (Wildman–Crippen MR) is 83.9 cm³/mol. The van der Waals surface area contributed by atoms with Crippen LogP contribution in [0.5, 0.6) is 0 Å². The van der Waals surface area contributed by atoms with E-state index in [1.54, 1.807) is 0 Å². The fraction of sp³-hybridized carbons (Fsp3) is 0.286. The number of fused-ring (bicyclic) bond motifs is 1. The third-order valence-electron chi connectivity index (χ3n) is 3.90. The number of nitro groups is 1. The van der Waals surface area contributed by atoms with Crippen LogP contribution in [-0.4, -0.2) is 61.7 Å². The van der Waals surface area contributed by atoms with Gasteiger partial charge in [0, 0.05) is 17.7 Å². The van der Waals surface area contributed by atoms with Crippen LogP contribution in [0.25, 0.3) is 0 Å². The molecule has 1 aromatic rings. The molecule has 2 unspecified atom stereocenters. The summed E-state index contributed by atoms with van der Waals surface area (Å²) in [6.45, 7) is 0. The van der Waals surface area contributed by atoms with E-state index in [1.165, 1.54) is 18.2 Å². The van der Waals surface area contributed by atoms with Crippen molar-refractivity contribution in [2.45, 2.75) is 17.5 Å². The summed E-state index contributed by atoms with van der Waals surface area (Å²) in [5, 5.41) is 21.6. The van der Waals surface area contributed by atoms with Crippen molar-refractivity contribution in [1.82, 2.24) is 10.2 Å². The lowest BCUT2D eigenvalue weighted by atomic mass is 10.00. The number of hydrogen-bond donors (Lipinski definition) is 2. The van der Waals surface area contributed by atoms with Crippen molar-refractivity contribution in [3.8, 4) is 0 Å². The second kappa shape index (κ2) is 6.16. The van der Waals surface area contributed by atoms with Crippen LogP contribution in [0.3, 0.4) is 0 Å². The molecule has 11 heteroatoms. The minimum Gasteiger partial charge on any atom is -0.479 e. The maximum atomic E-state index is 12.2. The largest absolute Gasteiger partial charge is 0.479 e. The summed E-state index contributed by atoms with van der Waals surface area (Å²) in [5.41, 5.74) is -0.259. The topological polar surface area (TPSA) is 147 Å². The van der Waals surface area contributed by atoms with Crippen LogP contribution in [0.1, 0.15) is 10.4 Å². The van der Waals surface area contributed by atoms with Crippen LogP contribution in [0.15, 0.2) is 24.3 Å². The number of non-ortho nitro benzene ring substituents is 1. The van der Waals surface area contributed by atoms with Crippen molar-refractivity contribution in [3.63, 3.8) is 0 Å². The Labute approximate surface area is 144 Å². The molecule has 0 spiro atoms. The minimum atomic E-state index is -1.54. The number of nitrogens with zero attached hydrogens (tertiary/aromatic N) is 2. The first-order valence-corrected chi connectivity index (χ1v) is 8.10. The summed E-state index contributed by atoms with van der Waals surface area (Å²) in [5.74, 6) is -3.42. The highest BCUT2D eigenvalue weighted by atomic mass is 32.2. The fourth-order valence-corrected chi connectivity index (χ4v) is 3.97. The Bertz CT molecular complexity index is 811. The van der Waals surface area contributed by atoms with Gasteiger partial charge in [0.05, 0.1) is 10.7 Å². The fourth-order valence-electron chi connectivity index (χ4n) is 2.71. The standard InChI is InChI=1S/C14H11N3O7S/c18-8-5-25-13-9(12(20)16(13)10(8)14(21)22)15-11(19)6-2-1-3-7(4-6)17(23)24/h1-4,9-10,13H,5H2,(H,15,19)(H,21,22)/t9?,10?,13-/m0/s1. The molecule has 0 radical (unpaired) electrons. The van der Waals surface area contributed by atoms with Gasteiger partial charge in [0.25, 0.3) is 11.6 Å². The number of carbonyl (C=O) groups is 4. The Kier molecular flexibility index (Phi) is 4.17. The van der Waals surface area contributed by atoms with E-state index < -0.39 is 45.9 Å². The molecule has 2 saturated heterocycles. The third-order valence-corrected chi connectivity index (χ3v) is 5.19. The number of β-lactam (4-membered cyclic amide) rings is 1. The van der Waals surface area contributed by atoms with Crippen LogP contribution in [0.4, 0.5) is 5.69 Å². The van der Waals surface area contributed by atoms with Gasteiger partial charge in [-0.25, -0.2) is 4.79 Å². The normalized spacial score (nSPS) is 25.0. The average Bonchev–Trinajstić information content (AvgIpc) is 2.58. The number of carbonyl (C=O) groups excluding carboxylic acids is 3. The molecule has 0 saturated carbocycles. The Morgan fingerprint density at radius 3 is 2.72 bits per heavy atom. The second-order valence-corrected chi connectivity index (χ2v) is 6.52. The van der Waals surface area contributed by atoms with Crippen LogP contribution in [0, 0.1) is 10.1 Å². The smallest absolute Gasteiger partial charge is 0.334 e. The van der Waals surface area contributed by atoms with E-state index in [0.717, 1.165) is 22.7 Å². The highest BCUT2D eigenvalue weighted by Gasteiger charge is 2.57. The molecular formula is C14H11N3O7S. The maximum Gasteiger partial charge on any atom is 0.334 e. The molecule has 25 heavy (non-hydrogen) atoms. The van der Waals surface area contributed by atoms with E-state index >= 15 is 0 Å². The number of carboxylic acids is 1. The molecule has 2 N–H and O–H groups in total. The Balaban J connectivity index is 1.74. The number of amides is 2. The molecule has 0 aliphatic carbocycles. The zero-order valence-electron chi connectivity index (χ0n) is 12.4. The first-order chi connectivity index (χ1) is 11.8. The van der Waals surface area contributed by atoms with Crippen LogP contribution in [0.2, 0.25) is 0 Å². The van der Waals surface area contributed by atoms with E-state index in [0.29, 0.717) is 0 Å². The molecule has 0 aromatic heterocycles. The summed E-state index contributed by atoms with van der Waals surface area (Å²) < 4.78 is 0. The van der Waals surface area contributed by atoms with Gasteiger partial charge in [0.2, 0.25) is 5.91 Å². The summed E-state index contributed by atoms with van der Waals surface area (Å²) in [6, 6.07) is 2.49.